The highest BCUT2D eigenvalue weighted by Crippen LogP contribution is 2.28. The van der Waals surface area contributed by atoms with Gasteiger partial charge in [-0.25, -0.2) is 12.8 Å². The molecule has 2 aromatic rings. The van der Waals surface area contributed by atoms with Gasteiger partial charge in [-0.3, -0.25) is 9.52 Å². The summed E-state index contributed by atoms with van der Waals surface area (Å²) < 4.78 is 44.4. The maximum absolute atomic E-state index is 13.2. The van der Waals surface area contributed by atoms with Gasteiger partial charge in [0.05, 0.1) is 11.4 Å². The van der Waals surface area contributed by atoms with Crippen LogP contribution in [0.2, 0.25) is 0 Å². The number of aldehydes is 1. The predicted molar refractivity (Wildman–Crippen MR) is 95.4 cm³/mol. The summed E-state index contributed by atoms with van der Waals surface area (Å²) in [4.78, 5) is 10.2. The molecule has 136 valence electrons. The van der Waals surface area contributed by atoms with Crippen LogP contribution in [0.15, 0.2) is 41.3 Å². The van der Waals surface area contributed by atoms with Crippen molar-refractivity contribution in [2.75, 3.05) is 29.9 Å². The molecule has 0 aliphatic carbocycles. The first-order chi connectivity index (χ1) is 11.8. The third-order valence-corrected chi connectivity index (χ3v) is 4.51. The number of nitrogens with one attached hydrogen (secondary N) is 1. The summed E-state index contributed by atoms with van der Waals surface area (Å²) in [5.41, 5.74) is 10.8. The Labute approximate surface area is 145 Å². The molecule has 2 aromatic carbocycles. The summed E-state index contributed by atoms with van der Waals surface area (Å²) >= 11 is 0. The van der Waals surface area contributed by atoms with Gasteiger partial charge in [-0.15, -0.1) is 0 Å². The predicted octanol–water partition coefficient (Wildman–Crippen LogP) is 2.26. The molecule has 0 saturated heterocycles. The third-order valence-electron chi connectivity index (χ3n) is 3.07. The molecule has 0 fully saturated rings. The van der Waals surface area contributed by atoms with Gasteiger partial charge in [-0.1, -0.05) is 0 Å². The summed E-state index contributed by atoms with van der Waals surface area (Å²) in [6.07, 6.45) is 0.636. The topological polar surface area (TPSA) is 125 Å². The molecule has 25 heavy (non-hydrogen) atoms. The van der Waals surface area contributed by atoms with Crippen molar-refractivity contribution in [3.8, 4) is 0 Å². The Morgan fingerprint density at radius 1 is 1.12 bits per heavy atom. The summed E-state index contributed by atoms with van der Waals surface area (Å²) in [6.45, 7) is 2.78. The summed E-state index contributed by atoms with van der Waals surface area (Å²) in [5.74, 6) is -0.790. The molecule has 0 saturated carbocycles. The molecule has 7 nitrogen and oxygen atoms in total. The van der Waals surface area contributed by atoms with Crippen LogP contribution in [-0.4, -0.2) is 28.4 Å². The zero-order valence-corrected chi connectivity index (χ0v) is 14.6. The Morgan fingerprint density at radius 2 is 1.68 bits per heavy atom. The molecule has 0 heterocycles. The Bertz CT molecular complexity index is 822. The van der Waals surface area contributed by atoms with E-state index in [0.717, 1.165) is 18.7 Å². The number of nitrogen functional groups attached to an aromatic ring is 2. The van der Waals surface area contributed by atoms with Gasteiger partial charge < -0.3 is 16.2 Å². The quantitative estimate of drug-likeness (QED) is 0.548. The Morgan fingerprint density at radius 3 is 2.16 bits per heavy atom. The Hall–Kier alpha value is -2.65. The summed E-state index contributed by atoms with van der Waals surface area (Å²) in [6, 6.07) is 7.70. The van der Waals surface area contributed by atoms with Crippen LogP contribution in [0.25, 0.3) is 0 Å². The number of hydrogen-bond acceptors (Lipinski definition) is 6. The average molecular weight is 369 g/mol. The van der Waals surface area contributed by atoms with Crippen LogP contribution in [0, 0.1) is 5.82 Å². The zero-order valence-electron chi connectivity index (χ0n) is 13.8. The number of carbonyl (C=O) groups excluding carboxylic acids is 1. The largest absolute Gasteiger partial charge is 0.396 e. The lowest BCUT2D eigenvalue weighted by Crippen LogP contribution is -2.16. The number of rotatable bonds is 5. The van der Waals surface area contributed by atoms with Gasteiger partial charge >= 0.3 is 0 Å². The number of nitrogens with two attached hydrogens (primary N) is 2. The zero-order chi connectivity index (χ0) is 19.0. The second-order valence-corrected chi connectivity index (χ2v) is 6.45. The number of sulfonamides is 1. The van der Waals surface area contributed by atoms with Gasteiger partial charge in [0.2, 0.25) is 0 Å². The first-order valence-corrected chi connectivity index (χ1v) is 8.65. The molecule has 0 radical (unpaired) electrons. The molecular weight excluding hydrogens is 349 g/mol. The number of ether oxygens (including phenoxy) is 1. The van der Waals surface area contributed by atoms with Gasteiger partial charge in [0, 0.05) is 25.0 Å². The van der Waals surface area contributed by atoms with E-state index in [-0.39, 0.29) is 16.3 Å². The van der Waals surface area contributed by atoms with Crippen molar-refractivity contribution in [2.24, 2.45) is 0 Å². The van der Waals surface area contributed by atoms with Crippen LogP contribution in [0.4, 0.5) is 21.5 Å². The van der Waals surface area contributed by atoms with Crippen molar-refractivity contribution >= 4 is 33.4 Å². The molecule has 0 atom stereocenters. The Kier molecular flexibility index (Phi) is 7.34. The molecule has 0 aromatic heterocycles. The van der Waals surface area contributed by atoms with Crippen molar-refractivity contribution in [3.05, 3.63) is 47.8 Å². The van der Waals surface area contributed by atoms with Crippen LogP contribution >= 0.6 is 0 Å². The van der Waals surface area contributed by atoms with Gasteiger partial charge in [0.1, 0.15) is 17.0 Å². The van der Waals surface area contributed by atoms with Crippen molar-refractivity contribution in [1.29, 1.82) is 0 Å². The molecule has 9 heteroatoms. The number of methoxy groups -OCH3 is 1. The number of hydrogen-bond donors (Lipinski definition) is 3. The maximum Gasteiger partial charge on any atom is 0.264 e. The lowest BCUT2D eigenvalue weighted by molar-refractivity contribution is 0.112. The minimum absolute atomic E-state index is 0.239. The monoisotopic (exact) mass is 369 g/mol. The lowest BCUT2D eigenvalue weighted by atomic mass is 10.2. The van der Waals surface area contributed by atoms with Gasteiger partial charge in [0.15, 0.2) is 0 Å². The minimum Gasteiger partial charge on any atom is -0.396 e. The van der Waals surface area contributed by atoms with E-state index >= 15 is 0 Å². The normalized spacial score (nSPS) is 10.5. The molecule has 0 aliphatic heterocycles. The van der Waals surface area contributed by atoms with Crippen LogP contribution in [0.1, 0.15) is 17.3 Å². The van der Waals surface area contributed by atoms with Crippen molar-refractivity contribution in [2.45, 2.75) is 11.8 Å². The van der Waals surface area contributed by atoms with Gasteiger partial charge in [-0.2, -0.15) is 0 Å². The lowest BCUT2D eigenvalue weighted by Gasteiger charge is -2.12. The highest BCUT2D eigenvalue weighted by Gasteiger charge is 2.20. The smallest absolute Gasteiger partial charge is 0.264 e. The van der Waals surface area contributed by atoms with Gasteiger partial charge in [-0.05, 0) is 43.3 Å². The molecule has 0 unspecified atom stereocenters. The summed E-state index contributed by atoms with van der Waals surface area (Å²) in [5, 5.41) is 0. The number of halogens is 1. The SMILES string of the molecule is CCOC.Nc1c(F)ccc(S(=O)(=O)Nc2ccc(C=O)cc2)c1N. The van der Waals surface area contributed by atoms with Crippen molar-refractivity contribution in [3.63, 3.8) is 0 Å². The molecule has 0 bridgehead atoms. The number of benzene rings is 2. The second-order valence-electron chi connectivity index (χ2n) is 4.80. The molecule has 0 spiro atoms. The Balaban J connectivity index is 0.000000705. The highest BCUT2D eigenvalue weighted by molar-refractivity contribution is 7.92. The fourth-order valence-corrected chi connectivity index (χ4v) is 2.87. The fourth-order valence-electron chi connectivity index (χ4n) is 1.66. The van der Waals surface area contributed by atoms with Crippen LogP contribution in [-0.2, 0) is 14.8 Å². The molecular formula is C16H20FN3O4S. The average Bonchev–Trinajstić information content (AvgIpc) is 2.60. The van der Waals surface area contributed by atoms with Crippen molar-refractivity contribution in [1.82, 2.24) is 0 Å². The van der Waals surface area contributed by atoms with E-state index in [1.54, 1.807) is 7.11 Å². The standard InChI is InChI=1S/C13H12FN3O3S.C3H8O/c14-10-5-6-11(13(16)12(10)15)21(19,20)17-9-3-1-8(7-18)2-4-9;1-3-4-2/h1-7,17H,15-16H2;3H2,1-2H3. The van der Waals surface area contributed by atoms with E-state index in [1.165, 1.54) is 24.3 Å². The van der Waals surface area contributed by atoms with E-state index < -0.39 is 21.5 Å². The van der Waals surface area contributed by atoms with Crippen LogP contribution in [0.3, 0.4) is 0 Å². The number of anilines is 3. The van der Waals surface area contributed by atoms with E-state index in [2.05, 4.69) is 9.46 Å². The molecule has 0 amide bonds. The summed E-state index contributed by atoms with van der Waals surface area (Å²) in [7, 11) is -2.33. The fraction of sp³-hybridized carbons (Fsp3) is 0.188. The first-order valence-electron chi connectivity index (χ1n) is 7.17. The van der Waals surface area contributed by atoms with Crippen LogP contribution < -0.4 is 16.2 Å². The third kappa shape index (κ3) is 5.44. The second kappa shape index (κ2) is 9.00. The first kappa shape index (κ1) is 20.4. The maximum atomic E-state index is 13.2. The molecule has 0 aliphatic rings. The van der Waals surface area contributed by atoms with Crippen molar-refractivity contribution < 1.29 is 22.3 Å². The van der Waals surface area contributed by atoms with E-state index in [9.17, 15) is 17.6 Å². The van der Waals surface area contributed by atoms with Gasteiger partial charge in [0.25, 0.3) is 10.0 Å². The van der Waals surface area contributed by atoms with Crippen LogP contribution in [0.5, 0.6) is 0 Å². The van der Waals surface area contributed by atoms with E-state index in [4.69, 9.17) is 11.5 Å². The molecule has 5 N–H and O–H groups in total. The molecule has 2 rings (SSSR count). The number of carbonyl (C=O) groups is 1. The highest BCUT2D eigenvalue weighted by atomic mass is 32.2. The van der Waals surface area contributed by atoms with E-state index in [1.807, 2.05) is 6.92 Å². The minimum atomic E-state index is -4.01. The van der Waals surface area contributed by atoms with E-state index in [0.29, 0.717) is 11.8 Å².